The van der Waals surface area contributed by atoms with Gasteiger partial charge in [0.1, 0.15) is 6.61 Å². The number of carbonyl (C=O) groups is 2. The van der Waals surface area contributed by atoms with Crippen molar-refractivity contribution in [2.45, 2.75) is 161 Å². The molecule has 0 spiro atoms. The first-order valence-corrected chi connectivity index (χ1v) is 22.7. The molecule has 56 heavy (non-hydrogen) atoms. The molecule has 0 aromatic rings. The highest BCUT2D eigenvalue weighted by atomic mass is 31.2. The summed E-state index contributed by atoms with van der Waals surface area (Å²) in [6, 6.07) is 0. The molecule has 11 heteroatoms. The van der Waals surface area contributed by atoms with Gasteiger partial charge in [-0.05, 0) is 77.0 Å². The molecule has 0 radical (unpaired) electrons. The first-order chi connectivity index (χ1) is 27.3. The SMILES string of the molecule is CC/C=C\C/C=C\C/C=C\C/C=C\C/C=C\C/C=C\CCC(=O)OC[C@H](COP(=O)(O)OCCN)OC(=O)CCCCCCCC1OC1C/C=C\CCCCC. The smallest absolute Gasteiger partial charge is 0.462 e. The van der Waals surface area contributed by atoms with Crippen molar-refractivity contribution in [1.29, 1.82) is 0 Å². The fourth-order valence-corrected chi connectivity index (χ4v) is 6.25. The number of allylic oxidation sites excluding steroid dienone is 13. The molecule has 1 saturated heterocycles. The van der Waals surface area contributed by atoms with Crippen LogP contribution in [0, 0.1) is 0 Å². The zero-order chi connectivity index (χ0) is 40.8. The van der Waals surface area contributed by atoms with E-state index in [2.05, 4.69) is 86.8 Å². The lowest BCUT2D eigenvalue weighted by atomic mass is 10.1. The molecule has 3 N–H and O–H groups in total. The Labute approximate surface area is 339 Å². The average Bonchev–Trinajstić information content (AvgIpc) is 3.94. The minimum atomic E-state index is -4.41. The maximum absolute atomic E-state index is 12.6. The number of phosphoric ester groups is 1. The highest BCUT2D eigenvalue weighted by molar-refractivity contribution is 7.47. The molecule has 0 aromatic heterocycles. The first-order valence-electron chi connectivity index (χ1n) is 21.2. The number of nitrogens with two attached hydrogens (primary N) is 1. The van der Waals surface area contributed by atoms with E-state index in [1.165, 1.54) is 19.3 Å². The van der Waals surface area contributed by atoms with Gasteiger partial charge in [-0.2, -0.15) is 0 Å². The number of unbranched alkanes of at least 4 members (excludes halogenated alkanes) is 7. The molecule has 4 atom stereocenters. The van der Waals surface area contributed by atoms with Crippen molar-refractivity contribution < 1.29 is 42.3 Å². The number of carbonyl (C=O) groups excluding carboxylic acids is 2. The number of hydrogen-bond donors (Lipinski definition) is 2. The second kappa shape index (κ2) is 36.5. The van der Waals surface area contributed by atoms with Gasteiger partial charge in [0.2, 0.25) is 0 Å². The van der Waals surface area contributed by atoms with Crippen LogP contribution < -0.4 is 5.73 Å². The molecule has 1 rings (SSSR count). The monoisotopic (exact) mass is 804 g/mol. The first kappa shape index (κ1) is 51.2. The summed E-state index contributed by atoms with van der Waals surface area (Å²) in [6.45, 7) is 3.45. The highest BCUT2D eigenvalue weighted by Gasteiger charge is 2.36. The minimum absolute atomic E-state index is 0.0342. The Kier molecular flexibility index (Phi) is 33.3. The molecule has 1 aliphatic heterocycles. The number of phosphoric acid groups is 1. The predicted octanol–water partition coefficient (Wildman–Crippen LogP) is 11.0. The average molecular weight is 804 g/mol. The molecule has 0 aromatic carbocycles. The summed E-state index contributed by atoms with van der Waals surface area (Å²) in [5.41, 5.74) is 5.34. The minimum Gasteiger partial charge on any atom is -0.462 e. The summed E-state index contributed by atoms with van der Waals surface area (Å²) in [4.78, 5) is 34.9. The van der Waals surface area contributed by atoms with Crippen molar-refractivity contribution >= 4 is 19.8 Å². The van der Waals surface area contributed by atoms with Crippen molar-refractivity contribution in [2.75, 3.05) is 26.4 Å². The molecule has 1 fully saturated rings. The summed E-state index contributed by atoms with van der Waals surface area (Å²) < 4.78 is 38.5. The number of rotatable bonds is 37. The second-order valence-electron chi connectivity index (χ2n) is 13.9. The van der Waals surface area contributed by atoms with E-state index in [-0.39, 0.29) is 32.6 Å². The normalized spacial score (nSPS) is 17.8. The molecule has 1 aliphatic rings. The van der Waals surface area contributed by atoms with Crippen molar-refractivity contribution in [3.63, 3.8) is 0 Å². The molecule has 0 amide bonds. The van der Waals surface area contributed by atoms with Crippen molar-refractivity contribution in [3.05, 3.63) is 85.1 Å². The Balaban J connectivity index is 2.26. The lowest BCUT2D eigenvalue weighted by Gasteiger charge is -2.19. The van der Waals surface area contributed by atoms with Crippen LogP contribution in [0.3, 0.4) is 0 Å². The predicted molar refractivity (Wildman–Crippen MR) is 228 cm³/mol. The summed E-state index contributed by atoms with van der Waals surface area (Å²) in [7, 11) is -4.41. The van der Waals surface area contributed by atoms with E-state index >= 15 is 0 Å². The Morgan fingerprint density at radius 2 is 1.25 bits per heavy atom. The number of esters is 2. The summed E-state index contributed by atoms with van der Waals surface area (Å²) >= 11 is 0. The van der Waals surface area contributed by atoms with Crippen molar-refractivity contribution in [1.82, 2.24) is 0 Å². The topological polar surface area (TPSA) is 147 Å². The van der Waals surface area contributed by atoms with E-state index < -0.39 is 32.5 Å². The van der Waals surface area contributed by atoms with Crippen LogP contribution in [0.2, 0.25) is 0 Å². The van der Waals surface area contributed by atoms with Gasteiger partial charge in [-0.25, -0.2) is 4.57 Å². The van der Waals surface area contributed by atoms with Crippen molar-refractivity contribution in [2.24, 2.45) is 5.73 Å². The van der Waals surface area contributed by atoms with Crippen LogP contribution in [0.4, 0.5) is 0 Å². The van der Waals surface area contributed by atoms with E-state index in [4.69, 9.17) is 29.0 Å². The van der Waals surface area contributed by atoms with Crippen LogP contribution >= 0.6 is 7.82 Å². The number of hydrogen-bond acceptors (Lipinski definition) is 9. The Hall–Kier alpha value is -2.85. The molecule has 0 saturated carbocycles. The van der Waals surface area contributed by atoms with Crippen LogP contribution in [-0.2, 0) is 37.4 Å². The lowest BCUT2D eigenvalue weighted by molar-refractivity contribution is -0.161. The molecule has 3 unspecified atom stereocenters. The lowest BCUT2D eigenvalue weighted by Crippen LogP contribution is -2.29. The zero-order valence-electron chi connectivity index (χ0n) is 34.5. The van der Waals surface area contributed by atoms with Crippen LogP contribution in [-0.4, -0.2) is 61.5 Å². The van der Waals surface area contributed by atoms with Gasteiger partial charge in [0.25, 0.3) is 0 Å². The maximum atomic E-state index is 12.6. The van der Waals surface area contributed by atoms with Crippen LogP contribution in [0.25, 0.3) is 0 Å². The van der Waals surface area contributed by atoms with E-state index in [0.717, 1.165) is 83.5 Å². The van der Waals surface area contributed by atoms with Gasteiger partial charge in [0.05, 0.1) is 25.4 Å². The van der Waals surface area contributed by atoms with Crippen molar-refractivity contribution in [3.8, 4) is 0 Å². The standard InChI is InChI=1S/C45H74NO9P/c1-3-5-7-9-11-12-13-14-15-16-17-18-19-20-21-22-23-27-31-35-44(47)51-39-41(40-53-56(49,50)52-38-37-46)54-45(48)36-32-28-24-26-30-34-43-42(55-43)33-29-25-10-8-6-4-2/h5,7,11-12,14-15,17-18,20-21,23,25,27,29,41-43H,3-4,6,8-10,13,16,19,22,24,26,28,30-40,46H2,1-2H3,(H,49,50)/b7-5-,12-11-,15-14-,18-17-,21-20-,27-23-,29-25-/t41-,42?,43?/m1/s1. The Bertz CT molecular complexity index is 1260. The fourth-order valence-electron chi connectivity index (χ4n) is 5.49. The summed E-state index contributed by atoms with van der Waals surface area (Å²) in [5, 5.41) is 0. The van der Waals surface area contributed by atoms with Gasteiger partial charge in [-0.1, -0.05) is 137 Å². The molecule has 10 nitrogen and oxygen atoms in total. The summed E-state index contributed by atoms with van der Waals surface area (Å²) in [6.07, 6.45) is 47.9. The largest absolute Gasteiger partial charge is 0.472 e. The van der Waals surface area contributed by atoms with E-state index in [9.17, 15) is 19.0 Å². The molecular formula is C45H74NO9P. The molecule has 0 aliphatic carbocycles. The third-order valence-electron chi connectivity index (χ3n) is 8.70. The molecule has 0 bridgehead atoms. The molecular weight excluding hydrogens is 729 g/mol. The fraction of sp³-hybridized carbons (Fsp3) is 0.644. The van der Waals surface area contributed by atoms with E-state index in [0.29, 0.717) is 25.0 Å². The van der Waals surface area contributed by atoms with Gasteiger partial charge in [-0.3, -0.25) is 18.6 Å². The number of ether oxygens (including phenoxy) is 3. The Morgan fingerprint density at radius 1 is 0.661 bits per heavy atom. The summed E-state index contributed by atoms with van der Waals surface area (Å²) in [5.74, 6) is -0.959. The Morgan fingerprint density at radius 3 is 1.88 bits per heavy atom. The van der Waals surface area contributed by atoms with Crippen LogP contribution in [0.1, 0.15) is 142 Å². The third kappa shape index (κ3) is 33.3. The quantitative estimate of drug-likeness (QED) is 0.0204. The number of epoxide rings is 1. The second-order valence-corrected chi connectivity index (χ2v) is 15.3. The van der Waals surface area contributed by atoms with E-state index in [1.807, 2.05) is 12.2 Å². The molecule has 1 heterocycles. The van der Waals surface area contributed by atoms with Gasteiger partial charge >= 0.3 is 19.8 Å². The third-order valence-corrected chi connectivity index (χ3v) is 9.69. The zero-order valence-corrected chi connectivity index (χ0v) is 35.4. The molecule has 318 valence electrons. The van der Waals surface area contributed by atoms with Gasteiger partial charge in [-0.15, -0.1) is 0 Å². The van der Waals surface area contributed by atoms with Gasteiger partial charge in [0.15, 0.2) is 6.10 Å². The van der Waals surface area contributed by atoms with Gasteiger partial charge in [0, 0.05) is 19.4 Å². The van der Waals surface area contributed by atoms with Crippen LogP contribution in [0.15, 0.2) is 85.1 Å². The maximum Gasteiger partial charge on any atom is 0.472 e. The van der Waals surface area contributed by atoms with E-state index in [1.54, 1.807) is 0 Å². The van der Waals surface area contributed by atoms with Gasteiger partial charge < -0.3 is 24.8 Å². The van der Waals surface area contributed by atoms with Crippen LogP contribution in [0.5, 0.6) is 0 Å². The highest BCUT2D eigenvalue weighted by Crippen LogP contribution is 2.43.